The third kappa shape index (κ3) is 3.68. The van der Waals surface area contributed by atoms with E-state index < -0.39 is 10.0 Å². The molecule has 1 aliphatic heterocycles. The highest BCUT2D eigenvalue weighted by Crippen LogP contribution is 2.21. The summed E-state index contributed by atoms with van der Waals surface area (Å²) in [6.45, 7) is 5.54. The Hall–Kier alpha value is -1.71. The quantitative estimate of drug-likeness (QED) is 0.886. The predicted octanol–water partition coefficient (Wildman–Crippen LogP) is 1.48. The molecule has 2 aromatic rings. The third-order valence-corrected chi connectivity index (χ3v) is 6.83. The number of aromatic nitrogens is 2. The molecule has 0 bridgehead atoms. The van der Waals surface area contributed by atoms with Crippen molar-refractivity contribution < 1.29 is 13.2 Å². The molecule has 7 nitrogen and oxygen atoms in total. The number of fused-ring (bicyclic) bond motifs is 1. The molecule has 9 heteroatoms. The molecule has 24 heavy (non-hydrogen) atoms. The number of sulfonamides is 1. The van der Waals surface area contributed by atoms with Crippen molar-refractivity contribution in [1.29, 1.82) is 0 Å². The summed E-state index contributed by atoms with van der Waals surface area (Å²) in [7, 11) is -3.52. The summed E-state index contributed by atoms with van der Waals surface area (Å²) in [4.78, 5) is 14.3. The molecule has 2 aromatic heterocycles. The Morgan fingerprint density at radius 2 is 2.17 bits per heavy atom. The number of nitrogens with zero attached hydrogens (tertiary/aromatic N) is 3. The number of rotatable bonds is 4. The summed E-state index contributed by atoms with van der Waals surface area (Å²) in [5.41, 5.74) is 1.59. The highest BCUT2D eigenvalue weighted by molar-refractivity contribution is 7.91. The molecule has 0 fully saturated rings. The Bertz CT molecular complexity index is 854. The van der Waals surface area contributed by atoms with Crippen LogP contribution in [0.4, 0.5) is 0 Å². The summed E-state index contributed by atoms with van der Waals surface area (Å²) in [5.74, 6) is 0.0416. The van der Waals surface area contributed by atoms with Gasteiger partial charge >= 0.3 is 0 Å². The molecule has 0 aliphatic carbocycles. The fourth-order valence-electron chi connectivity index (χ4n) is 2.67. The van der Waals surface area contributed by atoms with Crippen LogP contribution in [0.5, 0.6) is 0 Å². The Kier molecular flexibility index (Phi) is 4.75. The van der Waals surface area contributed by atoms with Gasteiger partial charge in [0.1, 0.15) is 4.21 Å². The Labute approximate surface area is 145 Å². The van der Waals surface area contributed by atoms with Crippen molar-refractivity contribution in [3.63, 3.8) is 0 Å². The topological polar surface area (TPSA) is 84.3 Å². The summed E-state index contributed by atoms with van der Waals surface area (Å²) < 4.78 is 29.3. The van der Waals surface area contributed by atoms with E-state index in [2.05, 4.69) is 9.82 Å². The SMILES string of the molecule is CC(=O)N1CCCn2nc(CNS(=O)(=O)c3ccc(C)s3)cc2C1. The Morgan fingerprint density at radius 1 is 1.38 bits per heavy atom. The largest absolute Gasteiger partial charge is 0.337 e. The van der Waals surface area contributed by atoms with Crippen LogP contribution in [-0.4, -0.2) is 35.6 Å². The number of hydrogen-bond donors (Lipinski definition) is 1. The number of nitrogens with one attached hydrogen (secondary N) is 1. The fourth-order valence-corrected chi connectivity index (χ4v) is 5.00. The van der Waals surface area contributed by atoms with E-state index in [1.165, 1.54) is 11.3 Å². The van der Waals surface area contributed by atoms with Gasteiger partial charge in [-0.1, -0.05) is 0 Å². The molecule has 1 N–H and O–H groups in total. The lowest BCUT2D eigenvalue weighted by molar-refractivity contribution is -0.129. The average molecular weight is 368 g/mol. The fraction of sp³-hybridized carbons (Fsp3) is 0.467. The van der Waals surface area contributed by atoms with E-state index in [0.29, 0.717) is 16.4 Å². The van der Waals surface area contributed by atoms with Crippen LogP contribution in [0.3, 0.4) is 0 Å². The number of hydrogen-bond acceptors (Lipinski definition) is 5. The van der Waals surface area contributed by atoms with Gasteiger partial charge in [0.2, 0.25) is 15.9 Å². The standard InChI is InChI=1S/C15H20N4O3S2/c1-11-4-5-15(23-11)24(21,22)16-9-13-8-14-10-18(12(2)20)6-3-7-19(14)17-13/h4-5,8,16H,3,6-7,9-10H2,1-2H3. The lowest BCUT2D eigenvalue weighted by atomic mass is 10.3. The van der Waals surface area contributed by atoms with Gasteiger partial charge < -0.3 is 4.90 Å². The second-order valence-corrected chi connectivity index (χ2v) is 9.12. The van der Waals surface area contributed by atoms with Crippen molar-refractivity contribution in [3.05, 3.63) is 34.5 Å². The van der Waals surface area contributed by atoms with Crippen LogP contribution in [0.15, 0.2) is 22.4 Å². The van der Waals surface area contributed by atoms with Crippen LogP contribution in [0.1, 0.15) is 29.6 Å². The van der Waals surface area contributed by atoms with Crippen molar-refractivity contribution in [1.82, 2.24) is 19.4 Å². The van der Waals surface area contributed by atoms with Crippen molar-refractivity contribution in [2.45, 2.75) is 44.1 Å². The first kappa shape index (κ1) is 17.1. The molecule has 130 valence electrons. The van der Waals surface area contributed by atoms with Crippen molar-refractivity contribution >= 4 is 27.3 Å². The zero-order valence-electron chi connectivity index (χ0n) is 13.7. The van der Waals surface area contributed by atoms with E-state index in [-0.39, 0.29) is 12.5 Å². The maximum atomic E-state index is 12.3. The van der Waals surface area contributed by atoms with Gasteiger partial charge in [0.15, 0.2) is 0 Å². The van der Waals surface area contributed by atoms with Gasteiger partial charge in [-0.05, 0) is 31.5 Å². The molecule has 1 amide bonds. The normalized spacial score (nSPS) is 15.2. The van der Waals surface area contributed by atoms with Crippen LogP contribution in [0.25, 0.3) is 0 Å². The van der Waals surface area contributed by atoms with Crippen LogP contribution >= 0.6 is 11.3 Å². The number of carbonyl (C=O) groups is 1. The van der Waals surface area contributed by atoms with Gasteiger partial charge in [0.25, 0.3) is 0 Å². The predicted molar refractivity (Wildman–Crippen MR) is 91.0 cm³/mol. The second-order valence-electron chi connectivity index (χ2n) is 5.83. The summed E-state index contributed by atoms with van der Waals surface area (Å²) >= 11 is 1.24. The zero-order chi connectivity index (χ0) is 17.3. The molecule has 0 saturated heterocycles. The van der Waals surface area contributed by atoms with Crippen LogP contribution in [0.2, 0.25) is 0 Å². The van der Waals surface area contributed by atoms with E-state index >= 15 is 0 Å². The number of aryl methyl sites for hydroxylation is 2. The van der Waals surface area contributed by atoms with E-state index in [0.717, 1.165) is 30.1 Å². The molecule has 0 saturated carbocycles. The number of carbonyl (C=O) groups excluding carboxylic acids is 1. The first-order chi connectivity index (χ1) is 11.3. The maximum Gasteiger partial charge on any atom is 0.250 e. The van der Waals surface area contributed by atoms with Crippen molar-refractivity contribution in [3.8, 4) is 0 Å². The highest BCUT2D eigenvalue weighted by Gasteiger charge is 2.20. The Balaban J connectivity index is 1.71. The minimum atomic E-state index is -3.52. The first-order valence-electron chi connectivity index (χ1n) is 7.72. The smallest absolute Gasteiger partial charge is 0.250 e. The molecule has 3 heterocycles. The minimum absolute atomic E-state index is 0.0416. The zero-order valence-corrected chi connectivity index (χ0v) is 15.3. The van der Waals surface area contributed by atoms with Gasteiger partial charge in [-0.2, -0.15) is 5.10 Å². The molecular weight excluding hydrogens is 348 g/mol. The molecule has 0 unspecified atom stereocenters. The lowest BCUT2D eigenvalue weighted by Crippen LogP contribution is -2.28. The molecule has 1 aliphatic rings. The minimum Gasteiger partial charge on any atom is -0.337 e. The molecule has 3 rings (SSSR count). The van der Waals surface area contributed by atoms with E-state index in [9.17, 15) is 13.2 Å². The monoisotopic (exact) mass is 368 g/mol. The average Bonchev–Trinajstić information content (AvgIpc) is 3.07. The lowest BCUT2D eigenvalue weighted by Gasteiger charge is -2.17. The summed E-state index contributed by atoms with van der Waals surface area (Å²) in [6, 6.07) is 5.26. The summed E-state index contributed by atoms with van der Waals surface area (Å²) in [5, 5.41) is 4.46. The summed E-state index contributed by atoms with van der Waals surface area (Å²) in [6.07, 6.45) is 0.841. The van der Waals surface area contributed by atoms with Crippen molar-refractivity contribution in [2.75, 3.05) is 6.54 Å². The molecule has 0 spiro atoms. The maximum absolute atomic E-state index is 12.3. The highest BCUT2D eigenvalue weighted by atomic mass is 32.2. The third-order valence-electron chi connectivity index (χ3n) is 3.93. The molecular formula is C15H20N4O3S2. The van der Waals surface area contributed by atoms with Crippen LogP contribution in [-0.2, 0) is 34.5 Å². The molecule has 0 atom stereocenters. The van der Waals surface area contributed by atoms with Crippen molar-refractivity contribution in [2.24, 2.45) is 0 Å². The number of amides is 1. The van der Waals surface area contributed by atoms with Gasteiger partial charge in [0, 0.05) is 24.9 Å². The molecule has 0 aromatic carbocycles. The second kappa shape index (κ2) is 6.66. The molecule has 0 radical (unpaired) electrons. The van der Waals surface area contributed by atoms with E-state index in [1.54, 1.807) is 24.0 Å². The van der Waals surface area contributed by atoms with Gasteiger partial charge in [0.05, 0.1) is 24.5 Å². The first-order valence-corrected chi connectivity index (χ1v) is 10.0. The van der Waals surface area contributed by atoms with Crippen LogP contribution in [0, 0.1) is 6.92 Å². The van der Waals surface area contributed by atoms with Gasteiger partial charge in [-0.15, -0.1) is 11.3 Å². The number of thiophene rings is 1. The Morgan fingerprint density at radius 3 is 2.83 bits per heavy atom. The van der Waals surface area contributed by atoms with E-state index in [4.69, 9.17) is 0 Å². The van der Waals surface area contributed by atoms with E-state index in [1.807, 2.05) is 17.7 Å². The van der Waals surface area contributed by atoms with Gasteiger partial charge in [-0.25, -0.2) is 13.1 Å². The van der Waals surface area contributed by atoms with Gasteiger partial charge in [-0.3, -0.25) is 9.48 Å². The van der Waals surface area contributed by atoms with Crippen LogP contribution < -0.4 is 4.72 Å².